The Morgan fingerprint density at radius 1 is 0.900 bits per heavy atom. The highest BCUT2D eigenvalue weighted by Gasteiger charge is 2.46. The Hall–Kier alpha value is -1.23. The molecule has 3 atom stereocenters. The van der Waals surface area contributed by atoms with Crippen molar-refractivity contribution in [3.8, 4) is 0 Å². The molecule has 2 aromatic rings. The van der Waals surface area contributed by atoms with E-state index in [-0.39, 0.29) is 17.3 Å². The number of benzene rings is 2. The minimum Gasteiger partial charge on any atom is -0.396 e. The molecule has 0 spiro atoms. The predicted octanol–water partition coefficient (Wildman–Crippen LogP) is 4.84. The van der Waals surface area contributed by atoms with Gasteiger partial charge in [-0.15, -0.1) is 0 Å². The third-order valence-electron chi connectivity index (χ3n) is 6.05. The molecule has 30 heavy (non-hydrogen) atoms. The molecule has 0 amide bonds. The van der Waals surface area contributed by atoms with Crippen LogP contribution in [-0.4, -0.2) is 34.5 Å². The molecule has 0 radical (unpaired) electrons. The van der Waals surface area contributed by atoms with Crippen LogP contribution in [0.3, 0.4) is 0 Å². The lowest BCUT2D eigenvalue weighted by molar-refractivity contribution is 0.247. The zero-order valence-corrected chi connectivity index (χ0v) is 21.4. The van der Waals surface area contributed by atoms with Gasteiger partial charge in [0.15, 0.2) is 0 Å². The molecule has 2 nitrogen and oxygen atoms in total. The van der Waals surface area contributed by atoms with Gasteiger partial charge in [-0.05, 0) is 50.6 Å². The lowest BCUT2D eigenvalue weighted by Crippen LogP contribution is -2.63. The molecule has 0 bridgehead atoms. The number of hydrogen-bond donors (Lipinski definition) is 1. The van der Waals surface area contributed by atoms with E-state index in [0.29, 0.717) is 11.5 Å². The van der Waals surface area contributed by atoms with Gasteiger partial charge in [-0.1, -0.05) is 91.8 Å². The largest absolute Gasteiger partial charge is 0.396 e. The first-order valence-corrected chi connectivity index (χ1v) is 14.8. The molecular weight excluding hydrogens is 404 g/mol. The van der Waals surface area contributed by atoms with Crippen molar-refractivity contribution in [2.45, 2.75) is 64.3 Å². The number of rotatable bonds is 10. The van der Waals surface area contributed by atoms with Crippen molar-refractivity contribution in [1.29, 1.82) is 0 Å². The molecular formula is C26H40O2SSi. The van der Waals surface area contributed by atoms with Crippen molar-refractivity contribution in [3.05, 3.63) is 60.7 Å². The van der Waals surface area contributed by atoms with Gasteiger partial charge in [-0.2, -0.15) is 0 Å². The molecule has 0 aliphatic heterocycles. The SMILES string of the molecule is CC(C)C[C@H](CS(=O)C(C)(C)C)[Si](C[C@H](C)CO)(c1ccccc1)c1ccccc1. The maximum Gasteiger partial charge on any atom is 0.122 e. The normalized spacial score (nSPS) is 15.7. The van der Waals surface area contributed by atoms with Gasteiger partial charge < -0.3 is 5.11 Å². The van der Waals surface area contributed by atoms with E-state index in [9.17, 15) is 9.32 Å². The molecule has 0 aromatic heterocycles. The summed E-state index contributed by atoms with van der Waals surface area (Å²) in [5, 5.41) is 12.8. The fraction of sp³-hybridized carbons (Fsp3) is 0.538. The smallest absolute Gasteiger partial charge is 0.122 e. The summed E-state index contributed by atoms with van der Waals surface area (Å²) < 4.78 is 13.2. The Kier molecular flexibility index (Phi) is 9.08. The van der Waals surface area contributed by atoms with E-state index < -0.39 is 18.9 Å². The fourth-order valence-corrected chi connectivity index (χ4v) is 12.9. The highest BCUT2D eigenvalue weighted by molar-refractivity contribution is 7.86. The van der Waals surface area contributed by atoms with Gasteiger partial charge in [0.2, 0.25) is 0 Å². The van der Waals surface area contributed by atoms with Crippen molar-refractivity contribution in [1.82, 2.24) is 0 Å². The van der Waals surface area contributed by atoms with Crippen LogP contribution in [0.5, 0.6) is 0 Å². The highest BCUT2D eigenvalue weighted by Crippen LogP contribution is 2.36. The summed E-state index contributed by atoms with van der Waals surface area (Å²) in [5.74, 6) is 1.45. The van der Waals surface area contributed by atoms with Crippen LogP contribution in [0.1, 0.15) is 48.0 Å². The lowest BCUT2D eigenvalue weighted by Gasteiger charge is -2.43. The summed E-state index contributed by atoms with van der Waals surface area (Å²) in [7, 11) is -3.24. The first-order chi connectivity index (χ1) is 14.1. The molecule has 0 heterocycles. The van der Waals surface area contributed by atoms with Gasteiger partial charge in [-0.25, -0.2) is 0 Å². The molecule has 1 N–H and O–H groups in total. The summed E-state index contributed by atoms with van der Waals surface area (Å²) >= 11 is 0. The molecule has 166 valence electrons. The molecule has 2 rings (SSSR count). The van der Waals surface area contributed by atoms with Crippen LogP contribution in [0.2, 0.25) is 11.6 Å². The second-order valence-electron chi connectivity index (χ2n) is 10.1. The van der Waals surface area contributed by atoms with Crippen LogP contribution in [0.15, 0.2) is 60.7 Å². The molecule has 0 saturated heterocycles. The summed E-state index contributed by atoms with van der Waals surface area (Å²) in [6.45, 7) is 13.1. The summed E-state index contributed by atoms with van der Waals surface area (Å²) in [6.07, 6.45) is 1.05. The zero-order valence-electron chi connectivity index (χ0n) is 19.6. The van der Waals surface area contributed by atoms with Crippen LogP contribution >= 0.6 is 0 Å². The highest BCUT2D eigenvalue weighted by atomic mass is 32.2. The Morgan fingerprint density at radius 2 is 1.37 bits per heavy atom. The topological polar surface area (TPSA) is 37.3 Å². The molecule has 4 heteroatoms. The van der Waals surface area contributed by atoms with Crippen LogP contribution < -0.4 is 10.4 Å². The first-order valence-electron chi connectivity index (χ1n) is 11.2. The Labute approximate surface area is 187 Å². The number of aliphatic hydroxyl groups is 1. The molecule has 1 unspecified atom stereocenters. The quantitative estimate of drug-likeness (QED) is 0.532. The van der Waals surface area contributed by atoms with E-state index in [1.807, 2.05) is 0 Å². The van der Waals surface area contributed by atoms with E-state index in [0.717, 1.165) is 18.2 Å². The Balaban J connectivity index is 2.75. The minimum absolute atomic E-state index is 0.186. The summed E-state index contributed by atoms with van der Waals surface area (Å²) in [5.41, 5.74) is 0.344. The predicted molar refractivity (Wildman–Crippen MR) is 135 cm³/mol. The summed E-state index contributed by atoms with van der Waals surface area (Å²) in [6, 6.07) is 22.8. The van der Waals surface area contributed by atoms with Crippen LogP contribution in [-0.2, 0) is 10.8 Å². The summed E-state index contributed by atoms with van der Waals surface area (Å²) in [4.78, 5) is 0. The average molecular weight is 445 g/mol. The van der Waals surface area contributed by atoms with Crippen molar-refractivity contribution >= 4 is 29.2 Å². The van der Waals surface area contributed by atoms with Crippen LogP contribution in [0, 0.1) is 11.8 Å². The minimum atomic E-state index is -2.32. The van der Waals surface area contributed by atoms with E-state index in [1.165, 1.54) is 10.4 Å². The molecule has 0 aliphatic carbocycles. The van der Waals surface area contributed by atoms with Gasteiger partial charge in [0.1, 0.15) is 8.07 Å². The Morgan fingerprint density at radius 3 is 1.73 bits per heavy atom. The molecule has 2 aromatic carbocycles. The van der Waals surface area contributed by atoms with Crippen LogP contribution in [0.4, 0.5) is 0 Å². The monoisotopic (exact) mass is 444 g/mol. The second kappa shape index (κ2) is 10.9. The second-order valence-corrected chi connectivity index (χ2v) is 16.7. The van der Waals surface area contributed by atoms with Gasteiger partial charge in [0, 0.05) is 27.9 Å². The van der Waals surface area contributed by atoms with Gasteiger partial charge >= 0.3 is 0 Å². The van der Waals surface area contributed by atoms with Gasteiger partial charge in [0.25, 0.3) is 0 Å². The molecule has 0 fully saturated rings. The first kappa shape index (κ1) is 25.0. The van der Waals surface area contributed by atoms with Gasteiger partial charge in [-0.3, -0.25) is 4.21 Å². The third kappa shape index (κ3) is 6.15. The van der Waals surface area contributed by atoms with E-state index in [4.69, 9.17) is 0 Å². The molecule has 0 aliphatic rings. The molecule has 0 saturated carbocycles. The van der Waals surface area contributed by atoms with E-state index >= 15 is 0 Å². The number of aliphatic hydroxyl groups excluding tert-OH is 1. The standard InChI is InChI=1S/C26H40O2SSi/c1-21(2)17-25(19-29(28)26(4,5)6)30(20-22(3)18-27,23-13-9-7-10-14-23)24-15-11-8-12-16-24/h7-16,21-22,25,27H,17-20H2,1-6H3/t22-,25-,29?/m1/s1. The maximum atomic E-state index is 13.4. The van der Waals surface area contributed by atoms with E-state index in [2.05, 4.69) is 102 Å². The lowest BCUT2D eigenvalue weighted by atomic mass is 10.1. The maximum absolute atomic E-state index is 13.4. The number of hydrogen-bond acceptors (Lipinski definition) is 2. The van der Waals surface area contributed by atoms with Crippen molar-refractivity contribution in [2.24, 2.45) is 11.8 Å². The Bertz CT molecular complexity index is 744. The van der Waals surface area contributed by atoms with Crippen molar-refractivity contribution in [2.75, 3.05) is 12.4 Å². The van der Waals surface area contributed by atoms with E-state index in [1.54, 1.807) is 0 Å². The fourth-order valence-electron chi connectivity index (χ4n) is 4.54. The zero-order chi connectivity index (χ0) is 22.4. The average Bonchev–Trinajstić information content (AvgIpc) is 2.71. The third-order valence-corrected chi connectivity index (χ3v) is 14.3. The van der Waals surface area contributed by atoms with Gasteiger partial charge in [0.05, 0.1) is 0 Å². The van der Waals surface area contributed by atoms with Crippen LogP contribution in [0.25, 0.3) is 0 Å². The van der Waals surface area contributed by atoms with Crippen molar-refractivity contribution < 1.29 is 9.32 Å². The van der Waals surface area contributed by atoms with Crippen molar-refractivity contribution in [3.63, 3.8) is 0 Å².